The summed E-state index contributed by atoms with van der Waals surface area (Å²) < 4.78 is 7.50. The zero-order valence-corrected chi connectivity index (χ0v) is 24.1. The number of nitrogens with zero attached hydrogens (tertiary/aromatic N) is 8. The molecule has 0 aliphatic rings. The molecule has 0 saturated carbocycles. The number of carbonyl (C=O) groups is 1. The van der Waals surface area contributed by atoms with Crippen LogP contribution in [0, 0.1) is 6.92 Å². The van der Waals surface area contributed by atoms with Gasteiger partial charge in [0.25, 0.3) is 0 Å². The molecular formula is C28H36N10O2. The van der Waals surface area contributed by atoms with Crippen LogP contribution in [-0.4, -0.2) is 91.0 Å². The molecule has 0 unspecified atom stereocenters. The van der Waals surface area contributed by atoms with Gasteiger partial charge in [0.05, 0.1) is 35.1 Å². The normalized spacial score (nSPS) is 11.0. The van der Waals surface area contributed by atoms with Crippen molar-refractivity contribution in [1.29, 1.82) is 0 Å². The second-order valence-corrected chi connectivity index (χ2v) is 9.82. The van der Waals surface area contributed by atoms with Crippen LogP contribution in [0.4, 0.5) is 28.8 Å². The summed E-state index contributed by atoms with van der Waals surface area (Å²) in [4.78, 5) is 32.0. The summed E-state index contributed by atoms with van der Waals surface area (Å²) >= 11 is 0. The third kappa shape index (κ3) is 6.12. The Balaban J connectivity index is 1.74. The minimum absolute atomic E-state index is 0.316. The lowest BCUT2D eigenvalue weighted by molar-refractivity contribution is -0.111. The molecule has 1 aromatic carbocycles. The molecule has 4 rings (SSSR count). The van der Waals surface area contributed by atoms with Crippen LogP contribution in [0.25, 0.3) is 16.7 Å². The van der Waals surface area contributed by atoms with E-state index in [1.807, 2.05) is 65.4 Å². The number of amides is 1. The predicted octanol–water partition coefficient (Wildman–Crippen LogP) is 3.46. The summed E-state index contributed by atoms with van der Waals surface area (Å²) in [6, 6.07) is 7.46. The first-order valence-electron chi connectivity index (χ1n) is 12.8. The highest BCUT2D eigenvalue weighted by molar-refractivity contribution is 6.02. The SMILES string of the molecule is C=CC(=O)Nc1cc(Nc2nccc(-n3nc(N(C)C)c4cnc(C)cc43)n2)c(OC)cc1N(C)CCN(C)C. The molecule has 12 heteroatoms. The van der Waals surface area contributed by atoms with Gasteiger partial charge in [0.15, 0.2) is 11.6 Å². The fourth-order valence-electron chi connectivity index (χ4n) is 4.15. The fraction of sp³-hybridized carbons (Fsp3) is 0.321. The zero-order chi connectivity index (χ0) is 29.0. The molecule has 4 aromatic rings. The van der Waals surface area contributed by atoms with Gasteiger partial charge in [-0.1, -0.05) is 6.58 Å². The summed E-state index contributed by atoms with van der Waals surface area (Å²) in [5.74, 6) is 1.96. The summed E-state index contributed by atoms with van der Waals surface area (Å²) in [5.41, 5.74) is 3.75. The van der Waals surface area contributed by atoms with Crippen molar-refractivity contribution < 1.29 is 9.53 Å². The number of carbonyl (C=O) groups excluding carboxylic acids is 1. The van der Waals surface area contributed by atoms with Gasteiger partial charge < -0.3 is 30.1 Å². The fourth-order valence-corrected chi connectivity index (χ4v) is 4.15. The van der Waals surface area contributed by atoms with Crippen molar-refractivity contribution in [2.24, 2.45) is 0 Å². The Kier molecular flexibility index (Phi) is 8.49. The second kappa shape index (κ2) is 12.0. The maximum atomic E-state index is 12.3. The summed E-state index contributed by atoms with van der Waals surface area (Å²) in [6.45, 7) is 7.10. The molecule has 0 radical (unpaired) electrons. The van der Waals surface area contributed by atoms with Crippen LogP contribution in [0.2, 0.25) is 0 Å². The number of nitrogens with one attached hydrogen (secondary N) is 2. The van der Waals surface area contributed by atoms with E-state index < -0.39 is 0 Å². The van der Waals surface area contributed by atoms with Crippen molar-refractivity contribution in [3.8, 4) is 11.6 Å². The van der Waals surface area contributed by atoms with E-state index in [0.29, 0.717) is 28.9 Å². The Hall–Kier alpha value is -4.71. The van der Waals surface area contributed by atoms with Gasteiger partial charge in [-0.15, -0.1) is 5.10 Å². The molecule has 3 aromatic heterocycles. The molecule has 0 spiro atoms. The molecule has 40 heavy (non-hydrogen) atoms. The first kappa shape index (κ1) is 28.3. The average Bonchev–Trinajstić information content (AvgIpc) is 3.31. The van der Waals surface area contributed by atoms with Gasteiger partial charge in [0, 0.05) is 64.5 Å². The van der Waals surface area contributed by atoms with E-state index in [2.05, 4.69) is 37.0 Å². The van der Waals surface area contributed by atoms with Crippen molar-refractivity contribution in [3.63, 3.8) is 0 Å². The van der Waals surface area contributed by atoms with Crippen molar-refractivity contribution in [1.82, 2.24) is 29.6 Å². The Bertz CT molecular complexity index is 1530. The third-order valence-electron chi connectivity index (χ3n) is 6.27. The zero-order valence-electron chi connectivity index (χ0n) is 24.1. The van der Waals surface area contributed by atoms with Crippen LogP contribution in [0.15, 0.2) is 49.3 Å². The molecule has 3 heterocycles. The number of benzene rings is 1. The van der Waals surface area contributed by atoms with Gasteiger partial charge in [-0.25, -0.2) is 9.67 Å². The Labute approximate surface area is 234 Å². The van der Waals surface area contributed by atoms with Crippen molar-refractivity contribution in [3.05, 3.63) is 55.0 Å². The van der Waals surface area contributed by atoms with E-state index in [0.717, 1.165) is 41.2 Å². The number of methoxy groups -OCH3 is 1. The largest absolute Gasteiger partial charge is 0.494 e. The number of rotatable bonds is 11. The van der Waals surface area contributed by atoms with Gasteiger partial charge in [-0.05, 0) is 39.2 Å². The van der Waals surface area contributed by atoms with E-state index >= 15 is 0 Å². The number of anilines is 5. The highest BCUT2D eigenvalue weighted by Gasteiger charge is 2.18. The monoisotopic (exact) mass is 544 g/mol. The minimum atomic E-state index is -0.316. The van der Waals surface area contributed by atoms with Gasteiger partial charge in [0.2, 0.25) is 11.9 Å². The molecule has 2 N–H and O–H groups in total. The number of hydrogen-bond acceptors (Lipinski definition) is 10. The van der Waals surface area contributed by atoms with Crippen LogP contribution in [-0.2, 0) is 4.79 Å². The van der Waals surface area contributed by atoms with Crippen LogP contribution < -0.4 is 25.2 Å². The van der Waals surface area contributed by atoms with E-state index in [1.165, 1.54) is 6.08 Å². The molecule has 0 saturated heterocycles. The lowest BCUT2D eigenvalue weighted by Gasteiger charge is -2.26. The molecule has 0 bridgehead atoms. The maximum Gasteiger partial charge on any atom is 0.247 e. The number of likely N-dealkylation sites (N-methyl/N-ethyl adjacent to an activating group) is 2. The van der Waals surface area contributed by atoms with E-state index in [1.54, 1.807) is 30.1 Å². The topological polar surface area (TPSA) is 117 Å². The van der Waals surface area contributed by atoms with Crippen LogP contribution in [0.5, 0.6) is 5.75 Å². The van der Waals surface area contributed by atoms with Crippen LogP contribution in [0.1, 0.15) is 5.69 Å². The molecular weight excluding hydrogens is 508 g/mol. The van der Waals surface area contributed by atoms with Crippen LogP contribution in [0.3, 0.4) is 0 Å². The molecule has 12 nitrogen and oxygen atoms in total. The molecule has 0 fully saturated rings. The number of ether oxygens (including phenoxy) is 1. The first-order chi connectivity index (χ1) is 19.1. The minimum Gasteiger partial charge on any atom is -0.494 e. The third-order valence-corrected chi connectivity index (χ3v) is 6.27. The second-order valence-electron chi connectivity index (χ2n) is 9.82. The average molecular weight is 545 g/mol. The Morgan fingerprint density at radius 3 is 2.55 bits per heavy atom. The van der Waals surface area contributed by atoms with Crippen molar-refractivity contribution >= 4 is 45.6 Å². The number of aryl methyl sites for hydroxylation is 1. The molecule has 0 aliphatic carbocycles. The predicted molar refractivity (Wildman–Crippen MR) is 160 cm³/mol. The number of aromatic nitrogens is 5. The smallest absolute Gasteiger partial charge is 0.247 e. The van der Waals surface area contributed by atoms with E-state index in [9.17, 15) is 4.79 Å². The number of pyridine rings is 1. The van der Waals surface area contributed by atoms with Gasteiger partial charge in [0.1, 0.15) is 5.75 Å². The molecule has 0 aliphatic heterocycles. The van der Waals surface area contributed by atoms with Gasteiger partial charge in [-0.3, -0.25) is 9.78 Å². The number of fused-ring (bicyclic) bond motifs is 1. The summed E-state index contributed by atoms with van der Waals surface area (Å²) in [7, 11) is 11.5. The van der Waals surface area contributed by atoms with Crippen molar-refractivity contribution in [2.75, 3.05) is 75.9 Å². The van der Waals surface area contributed by atoms with Gasteiger partial charge >= 0.3 is 0 Å². The molecule has 210 valence electrons. The summed E-state index contributed by atoms with van der Waals surface area (Å²) in [5, 5.41) is 11.9. The van der Waals surface area contributed by atoms with Crippen molar-refractivity contribution in [2.45, 2.75) is 6.92 Å². The quantitative estimate of drug-likeness (QED) is 0.272. The highest BCUT2D eigenvalue weighted by atomic mass is 16.5. The molecule has 1 amide bonds. The number of hydrogen-bond donors (Lipinski definition) is 2. The van der Waals surface area contributed by atoms with Crippen LogP contribution >= 0.6 is 0 Å². The lowest BCUT2D eigenvalue weighted by Crippen LogP contribution is -2.29. The van der Waals surface area contributed by atoms with Gasteiger partial charge in [-0.2, -0.15) is 4.98 Å². The summed E-state index contributed by atoms with van der Waals surface area (Å²) in [6.07, 6.45) is 4.73. The van der Waals surface area contributed by atoms with E-state index in [4.69, 9.17) is 14.8 Å². The Morgan fingerprint density at radius 2 is 1.88 bits per heavy atom. The maximum absolute atomic E-state index is 12.3. The van der Waals surface area contributed by atoms with E-state index in [-0.39, 0.29) is 5.91 Å². The highest BCUT2D eigenvalue weighted by Crippen LogP contribution is 2.38. The standard InChI is InChI=1S/C28H36N10O2/c1-9-26(39)31-20-15-21(24(40-8)16-23(20)37(7)13-12-35(3)4)32-28-29-11-10-25(33-28)38-22-14-18(2)30-17-19(22)27(34-38)36(5)6/h9-11,14-17H,1,12-13H2,2-8H3,(H,31,39)(H,29,32,33). The molecule has 0 atom stereocenters. The Morgan fingerprint density at radius 1 is 1.10 bits per heavy atom. The first-order valence-corrected chi connectivity index (χ1v) is 12.8. The lowest BCUT2D eigenvalue weighted by atomic mass is 10.2.